The number of esters is 1. The molecule has 2 aliphatic rings. The molecule has 0 aromatic heterocycles. The second-order valence-corrected chi connectivity index (χ2v) is 6.69. The molecular formula is C16H26O5. The fourth-order valence-corrected chi connectivity index (χ4v) is 3.33. The lowest BCUT2D eigenvalue weighted by Crippen LogP contribution is -2.53. The molecule has 0 radical (unpaired) electrons. The van der Waals surface area contributed by atoms with Gasteiger partial charge in [0.15, 0.2) is 0 Å². The van der Waals surface area contributed by atoms with Crippen LogP contribution in [-0.4, -0.2) is 43.3 Å². The number of rotatable bonds is 7. The van der Waals surface area contributed by atoms with Gasteiger partial charge in [0.2, 0.25) is 0 Å². The minimum atomic E-state index is -0.493. The molecule has 2 rings (SSSR count). The van der Waals surface area contributed by atoms with Gasteiger partial charge in [0.05, 0.1) is 31.8 Å². The Morgan fingerprint density at radius 2 is 2.29 bits per heavy atom. The fraction of sp³-hybridized carbons (Fsp3) is 0.875. The summed E-state index contributed by atoms with van der Waals surface area (Å²) in [5.74, 6) is -0.150. The summed E-state index contributed by atoms with van der Waals surface area (Å²) in [6.07, 6.45) is 5.74. The monoisotopic (exact) mass is 298 g/mol. The largest absolute Gasteiger partial charge is 0.469 e. The number of methoxy groups -OCH3 is 1. The molecule has 120 valence electrons. The molecule has 0 N–H and O–H groups in total. The second kappa shape index (κ2) is 6.44. The number of fused-ring (bicyclic) bond motifs is 2. The van der Waals surface area contributed by atoms with Gasteiger partial charge in [-0.3, -0.25) is 4.79 Å². The van der Waals surface area contributed by atoms with E-state index in [1.54, 1.807) is 0 Å². The highest BCUT2D eigenvalue weighted by molar-refractivity contribution is 5.70. The van der Waals surface area contributed by atoms with E-state index < -0.39 is 5.60 Å². The van der Waals surface area contributed by atoms with Crippen molar-refractivity contribution in [3.05, 3.63) is 0 Å². The number of hydrogen-bond donors (Lipinski definition) is 0. The van der Waals surface area contributed by atoms with Crippen molar-refractivity contribution in [1.82, 2.24) is 0 Å². The quantitative estimate of drug-likeness (QED) is 0.533. The third-order valence-corrected chi connectivity index (χ3v) is 4.86. The van der Waals surface area contributed by atoms with Crippen LogP contribution in [0.15, 0.2) is 0 Å². The van der Waals surface area contributed by atoms with Crippen LogP contribution in [0.25, 0.3) is 0 Å². The van der Waals surface area contributed by atoms with Crippen molar-refractivity contribution in [1.29, 1.82) is 0 Å². The lowest BCUT2D eigenvalue weighted by atomic mass is 9.89. The Kier molecular flexibility index (Phi) is 5.04. The van der Waals surface area contributed by atoms with E-state index in [1.807, 2.05) is 6.92 Å². The number of aldehydes is 1. The molecule has 0 aliphatic carbocycles. The van der Waals surface area contributed by atoms with Crippen molar-refractivity contribution in [2.75, 3.05) is 13.7 Å². The van der Waals surface area contributed by atoms with E-state index in [0.717, 1.165) is 38.4 Å². The van der Waals surface area contributed by atoms with E-state index in [4.69, 9.17) is 14.2 Å². The first-order valence-corrected chi connectivity index (χ1v) is 7.77. The number of hydrogen-bond acceptors (Lipinski definition) is 5. The molecule has 4 unspecified atom stereocenters. The van der Waals surface area contributed by atoms with Crippen LogP contribution in [0.5, 0.6) is 0 Å². The molecule has 2 saturated heterocycles. The lowest BCUT2D eigenvalue weighted by Gasteiger charge is -2.44. The second-order valence-electron chi connectivity index (χ2n) is 6.69. The SMILES string of the molecule is COC(=O)CC12CCC(O1)C(C)(CCCC(C)C=O)OC2. The average molecular weight is 298 g/mol. The minimum absolute atomic E-state index is 0.0300. The third-order valence-electron chi connectivity index (χ3n) is 4.86. The Bertz CT molecular complexity index is 396. The zero-order chi connectivity index (χ0) is 15.5. The topological polar surface area (TPSA) is 61.8 Å². The van der Waals surface area contributed by atoms with Crippen LogP contribution >= 0.6 is 0 Å². The van der Waals surface area contributed by atoms with Crippen LogP contribution in [0, 0.1) is 5.92 Å². The van der Waals surface area contributed by atoms with E-state index in [0.29, 0.717) is 6.61 Å². The molecule has 5 heteroatoms. The van der Waals surface area contributed by atoms with Crippen LogP contribution < -0.4 is 0 Å². The first-order chi connectivity index (χ1) is 9.93. The Labute approximate surface area is 126 Å². The molecule has 0 aromatic rings. The molecule has 0 spiro atoms. The van der Waals surface area contributed by atoms with Gasteiger partial charge in [-0.05, 0) is 39.0 Å². The molecule has 2 fully saturated rings. The van der Waals surface area contributed by atoms with Crippen LogP contribution in [0.3, 0.4) is 0 Å². The zero-order valence-electron chi connectivity index (χ0n) is 13.2. The van der Waals surface area contributed by atoms with Gasteiger partial charge in [0, 0.05) is 5.92 Å². The maximum absolute atomic E-state index is 11.5. The van der Waals surface area contributed by atoms with Crippen molar-refractivity contribution >= 4 is 12.3 Å². The molecule has 2 heterocycles. The molecule has 2 aliphatic heterocycles. The fourth-order valence-electron chi connectivity index (χ4n) is 3.33. The lowest BCUT2D eigenvalue weighted by molar-refractivity contribution is -0.243. The molecule has 0 amide bonds. The van der Waals surface area contributed by atoms with Crippen molar-refractivity contribution in [3.63, 3.8) is 0 Å². The highest BCUT2D eigenvalue weighted by Gasteiger charge is 2.54. The first kappa shape index (κ1) is 16.4. The highest BCUT2D eigenvalue weighted by atomic mass is 16.6. The summed E-state index contributed by atoms with van der Waals surface area (Å²) in [6, 6.07) is 0. The Hall–Kier alpha value is -0.940. The van der Waals surface area contributed by atoms with E-state index in [-0.39, 0.29) is 30.0 Å². The summed E-state index contributed by atoms with van der Waals surface area (Å²) >= 11 is 0. The summed E-state index contributed by atoms with van der Waals surface area (Å²) in [7, 11) is 1.40. The smallest absolute Gasteiger partial charge is 0.308 e. The van der Waals surface area contributed by atoms with Crippen LogP contribution in [0.1, 0.15) is 52.4 Å². The normalized spacial score (nSPS) is 36.2. The Morgan fingerprint density at radius 1 is 1.52 bits per heavy atom. The van der Waals surface area contributed by atoms with Gasteiger partial charge >= 0.3 is 5.97 Å². The van der Waals surface area contributed by atoms with E-state index in [9.17, 15) is 9.59 Å². The van der Waals surface area contributed by atoms with Crippen molar-refractivity contribution in [3.8, 4) is 0 Å². The third kappa shape index (κ3) is 3.64. The van der Waals surface area contributed by atoms with Gasteiger partial charge in [-0.25, -0.2) is 0 Å². The van der Waals surface area contributed by atoms with Crippen LogP contribution in [-0.2, 0) is 23.8 Å². The maximum Gasteiger partial charge on any atom is 0.308 e. The predicted molar refractivity (Wildman–Crippen MR) is 76.9 cm³/mol. The van der Waals surface area contributed by atoms with Gasteiger partial charge in [-0.15, -0.1) is 0 Å². The first-order valence-electron chi connectivity index (χ1n) is 7.77. The zero-order valence-corrected chi connectivity index (χ0v) is 13.2. The summed E-state index contributed by atoms with van der Waals surface area (Å²) in [5, 5.41) is 0. The molecule has 21 heavy (non-hydrogen) atoms. The predicted octanol–water partition coefficient (Wildman–Crippen LogP) is 2.26. The van der Waals surface area contributed by atoms with Crippen molar-refractivity contribution in [2.45, 2.75) is 69.7 Å². The van der Waals surface area contributed by atoms with E-state index in [2.05, 4.69) is 6.92 Å². The Morgan fingerprint density at radius 3 is 2.95 bits per heavy atom. The average Bonchev–Trinajstić information content (AvgIpc) is 2.84. The molecule has 4 atom stereocenters. The van der Waals surface area contributed by atoms with Gasteiger partial charge in [0.25, 0.3) is 0 Å². The maximum atomic E-state index is 11.5. The van der Waals surface area contributed by atoms with Gasteiger partial charge in [0.1, 0.15) is 11.9 Å². The minimum Gasteiger partial charge on any atom is -0.469 e. The van der Waals surface area contributed by atoms with Crippen LogP contribution in [0.2, 0.25) is 0 Å². The van der Waals surface area contributed by atoms with Crippen LogP contribution in [0.4, 0.5) is 0 Å². The van der Waals surface area contributed by atoms with Gasteiger partial charge in [-0.2, -0.15) is 0 Å². The highest BCUT2D eigenvalue weighted by Crippen LogP contribution is 2.46. The molecule has 0 saturated carbocycles. The molecule has 5 nitrogen and oxygen atoms in total. The molecular weight excluding hydrogens is 272 g/mol. The summed E-state index contributed by atoms with van der Waals surface area (Å²) in [6.45, 7) is 4.46. The number of carbonyl (C=O) groups is 2. The number of carbonyl (C=O) groups excluding carboxylic acids is 2. The molecule has 2 bridgehead atoms. The summed E-state index contributed by atoms with van der Waals surface area (Å²) in [4.78, 5) is 22.2. The Balaban J connectivity index is 1.89. The summed E-state index contributed by atoms with van der Waals surface area (Å²) in [5.41, 5.74) is -0.800. The van der Waals surface area contributed by atoms with E-state index >= 15 is 0 Å². The van der Waals surface area contributed by atoms with Crippen molar-refractivity contribution < 1.29 is 23.8 Å². The molecule has 0 aromatic carbocycles. The summed E-state index contributed by atoms with van der Waals surface area (Å²) < 4.78 is 17.0. The number of ether oxygens (including phenoxy) is 3. The van der Waals surface area contributed by atoms with Gasteiger partial charge in [-0.1, -0.05) is 6.92 Å². The standard InChI is InChI=1S/C16H26O5/c1-12(10-17)5-4-7-15(2)13-6-8-16(21-13,11-20-15)9-14(18)19-3/h10,12-13H,4-9,11H2,1-3H3. The van der Waals surface area contributed by atoms with Crippen molar-refractivity contribution in [2.24, 2.45) is 5.92 Å². The van der Waals surface area contributed by atoms with E-state index in [1.165, 1.54) is 7.11 Å². The van der Waals surface area contributed by atoms with Gasteiger partial charge < -0.3 is 19.0 Å².